The van der Waals surface area contributed by atoms with E-state index in [0.29, 0.717) is 6.04 Å². The van der Waals surface area contributed by atoms with E-state index in [2.05, 4.69) is 36.9 Å². The molecule has 2 fully saturated rings. The molecule has 2 aliphatic rings. The molecule has 1 aromatic carbocycles. The summed E-state index contributed by atoms with van der Waals surface area (Å²) in [6.45, 7) is 6.56. The number of piperidine rings is 1. The topological polar surface area (TPSA) is 23.5 Å². The molecule has 0 bridgehead atoms. The number of aliphatic hydroxyl groups is 1. The maximum absolute atomic E-state index is 11.1. The molecule has 2 heterocycles. The van der Waals surface area contributed by atoms with Gasteiger partial charge in [0, 0.05) is 19.0 Å². The van der Waals surface area contributed by atoms with Crippen molar-refractivity contribution in [1.82, 2.24) is 4.90 Å². The lowest BCUT2D eigenvalue weighted by Crippen LogP contribution is -2.48. The van der Waals surface area contributed by atoms with E-state index >= 15 is 0 Å². The highest BCUT2D eigenvalue weighted by Gasteiger charge is 2.46. The van der Waals surface area contributed by atoms with Gasteiger partial charge in [0.25, 0.3) is 0 Å². The van der Waals surface area contributed by atoms with Crippen LogP contribution in [0, 0.1) is 13.8 Å². The van der Waals surface area contributed by atoms with Gasteiger partial charge in [0.1, 0.15) is 0 Å². The van der Waals surface area contributed by atoms with Crippen LogP contribution in [0.1, 0.15) is 42.4 Å². The highest BCUT2D eigenvalue weighted by molar-refractivity contribution is 5.31. The van der Waals surface area contributed by atoms with Crippen molar-refractivity contribution in [2.75, 3.05) is 13.1 Å². The first kappa shape index (κ1) is 13.1. The van der Waals surface area contributed by atoms with E-state index < -0.39 is 5.60 Å². The summed E-state index contributed by atoms with van der Waals surface area (Å²) in [6, 6.07) is 7.01. The molecule has 0 radical (unpaired) electrons. The first-order chi connectivity index (χ1) is 9.08. The largest absolute Gasteiger partial charge is 0.388 e. The van der Waals surface area contributed by atoms with Crippen LogP contribution >= 0.6 is 0 Å². The average Bonchev–Trinajstić information content (AvgIpc) is 2.73. The highest BCUT2D eigenvalue weighted by atomic mass is 16.3. The highest BCUT2D eigenvalue weighted by Crippen LogP contribution is 2.37. The lowest BCUT2D eigenvalue weighted by molar-refractivity contribution is -0.00886. The van der Waals surface area contributed by atoms with Crippen molar-refractivity contribution in [3.8, 4) is 0 Å². The summed E-state index contributed by atoms with van der Waals surface area (Å²) in [7, 11) is 0. The van der Waals surface area contributed by atoms with E-state index in [-0.39, 0.29) is 0 Å². The number of fused-ring (bicyclic) bond motifs is 1. The summed E-state index contributed by atoms with van der Waals surface area (Å²) in [5, 5.41) is 11.1. The summed E-state index contributed by atoms with van der Waals surface area (Å²) in [6.07, 6.45) is 5.49. The molecular formula is C17H25NO. The minimum Gasteiger partial charge on any atom is -0.388 e. The van der Waals surface area contributed by atoms with Crippen molar-refractivity contribution in [3.05, 3.63) is 34.9 Å². The monoisotopic (exact) mass is 259 g/mol. The van der Waals surface area contributed by atoms with Crippen LogP contribution in [-0.4, -0.2) is 34.7 Å². The van der Waals surface area contributed by atoms with Gasteiger partial charge in [0.2, 0.25) is 0 Å². The predicted octanol–water partition coefficient (Wildman–Crippen LogP) is 2.84. The molecule has 104 valence electrons. The number of nitrogens with zero attached hydrogens (tertiary/aromatic N) is 1. The van der Waals surface area contributed by atoms with Gasteiger partial charge in [-0.3, -0.25) is 4.90 Å². The third-order valence-corrected chi connectivity index (χ3v) is 5.15. The van der Waals surface area contributed by atoms with Gasteiger partial charge in [-0.25, -0.2) is 0 Å². The fourth-order valence-electron chi connectivity index (χ4n) is 3.84. The van der Waals surface area contributed by atoms with Gasteiger partial charge in [0.05, 0.1) is 5.60 Å². The lowest BCUT2D eigenvalue weighted by atomic mass is 9.83. The summed E-state index contributed by atoms with van der Waals surface area (Å²) in [4.78, 5) is 2.50. The number of benzene rings is 1. The smallest absolute Gasteiger partial charge is 0.0854 e. The number of rotatable bonds is 2. The van der Waals surface area contributed by atoms with E-state index in [1.807, 2.05) is 0 Å². The van der Waals surface area contributed by atoms with Gasteiger partial charge < -0.3 is 5.11 Å². The Morgan fingerprint density at radius 2 is 2.05 bits per heavy atom. The average molecular weight is 259 g/mol. The van der Waals surface area contributed by atoms with Gasteiger partial charge in [-0.1, -0.05) is 24.6 Å². The van der Waals surface area contributed by atoms with Gasteiger partial charge in [-0.05, 0) is 56.3 Å². The Kier molecular flexibility index (Phi) is 3.40. The molecule has 2 nitrogen and oxygen atoms in total. The minimum absolute atomic E-state index is 0.392. The molecule has 0 spiro atoms. The molecule has 2 saturated heterocycles. The summed E-state index contributed by atoms with van der Waals surface area (Å²) in [5.41, 5.74) is 3.46. The molecule has 19 heavy (non-hydrogen) atoms. The Morgan fingerprint density at radius 3 is 2.84 bits per heavy atom. The van der Waals surface area contributed by atoms with Crippen LogP contribution in [0.3, 0.4) is 0 Å². The fraction of sp³-hybridized carbons (Fsp3) is 0.647. The van der Waals surface area contributed by atoms with Gasteiger partial charge in [-0.15, -0.1) is 0 Å². The second-order valence-corrected chi connectivity index (χ2v) is 6.50. The zero-order valence-electron chi connectivity index (χ0n) is 12.2. The molecule has 0 aliphatic carbocycles. The van der Waals surface area contributed by atoms with E-state index in [4.69, 9.17) is 0 Å². The first-order valence-electron chi connectivity index (χ1n) is 7.61. The molecular weight excluding hydrogens is 234 g/mol. The fourth-order valence-corrected chi connectivity index (χ4v) is 3.84. The maximum atomic E-state index is 11.1. The molecule has 1 aromatic rings. The second-order valence-electron chi connectivity index (χ2n) is 6.50. The second kappa shape index (κ2) is 4.92. The van der Waals surface area contributed by atoms with Crippen LogP contribution in [-0.2, 0) is 6.42 Å². The normalized spacial score (nSPS) is 31.4. The van der Waals surface area contributed by atoms with Crippen LogP contribution in [0.2, 0.25) is 0 Å². The number of aryl methyl sites for hydroxylation is 2. The third-order valence-electron chi connectivity index (χ3n) is 5.15. The molecule has 2 unspecified atom stereocenters. The first-order valence-corrected chi connectivity index (χ1v) is 7.61. The standard InChI is InChI=1S/C17H25NO/c1-13-6-7-15(11-14(13)2)12-17(19)8-10-18-9-4-3-5-16(17)18/h6-7,11,16,19H,3-5,8-10,12H2,1-2H3. The van der Waals surface area contributed by atoms with Crippen LogP contribution in [0.4, 0.5) is 0 Å². The number of hydrogen-bond donors (Lipinski definition) is 1. The van der Waals surface area contributed by atoms with Crippen molar-refractivity contribution < 1.29 is 5.11 Å². The molecule has 0 aromatic heterocycles. The SMILES string of the molecule is Cc1ccc(CC2(O)CCN3CCCCC32)cc1C. The van der Waals surface area contributed by atoms with Gasteiger partial charge >= 0.3 is 0 Å². The molecule has 2 aliphatic heterocycles. The van der Waals surface area contributed by atoms with Crippen molar-refractivity contribution in [1.29, 1.82) is 0 Å². The van der Waals surface area contributed by atoms with E-state index in [9.17, 15) is 5.11 Å². The molecule has 0 amide bonds. The predicted molar refractivity (Wildman–Crippen MR) is 78.4 cm³/mol. The van der Waals surface area contributed by atoms with Crippen molar-refractivity contribution >= 4 is 0 Å². The van der Waals surface area contributed by atoms with Crippen molar-refractivity contribution in [2.45, 2.75) is 57.6 Å². The lowest BCUT2D eigenvalue weighted by Gasteiger charge is -2.37. The van der Waals surface area contributed by atoms with Gasteiger partial charge in [-0.2, -0.15) is 0 Å². The van der Waals surface area contributed by atoms with E-state index in [1.54, 1.807) is 0 Å². The van der Waals surface area contributed by atoms with Crippen LogP contribution in [0.25, 0.3) is 0 Å². The quantitative estimate of drug-likeness (QED) is 0.883. The van der Waals surface area contributed by atoms with Crippen LogP contribution in [0.15, 0.2) is 18.2 Å². The van der Waals surface area contributed by atoms with Crippen LogP contribution in [0.5, 0.6) is 0 Å². The molecule has 3 rings (SSSR count). The molecule has 1 N–H and O–H groups in total. The zero-order chi connectivity index (χ0) is 13.5. The van der Waals surface area contributed by atoms with E-state index in [0.717, 1.165) is 19.4 Å². The summed E-state index contributed by atoms with van der Waals surface area (Å²) < 4.78 is 0. The van der Waals surface area contributed by atoms with E-state index in [1.165, 1.54) is 42.5 Å². The molecule has 2 heteroatoms. The number of hydrogen-bond acceptors (Lipinski definition) is 2. The summed E-state index contributed by atoms with van der Waals surface area (Å²) in [5.74, 6) is 0. The van der Waals surface area contributed by atoms with Crippen molar-refractivity contribution in [3.63, 3.8) is 0 Å². The Bertz CT molecular complexity index is 470. The minimum atomic E-state index is -0.498. The zero-order valence-corrected chi connectivity index (χ0v) is 12.2. The Balaban J connectivity index is 1.79. The Morgan fingerprint density at radius 1 is 1.21 bits per heavy atom. The Labute approximate surface area is 116 Å². The third kappa shape index (κ3) is 2.44. The maximum Gasteiger partial charge on any atom is 0.0854 e. The van der Waals surface area contributed by atoms with Crippen LogP contribution < -0.4 is 0 Å². The summed E-state index contributed by atoms with van der Waals surface area (Å²) >= 11 is 0. The van der Waals surface area contributed by atoms with Gasteiger partial charge in [0.15, 0.2) is 0 Å². The molecule has 2 atom stereocenters. The molecule has 0 saturated carbocycles. The van der Waals surface area contributed by atoms with Crippen molar-refractivity contribution in [2.24, 2.45) is 0 Å². The Hall–Kier alpha value is -0.860.